The van der Waals surface area contributed by atoms with E-state index in [4.69, 9.17) is 10.2 Å². The standard InChI is InChI=1S/C9H20N2O3/c1-3-7(2)11-9(14)4-10-8(5-12)6-13/h7-8,10,12-13H,3-6H2,1-2H3,(H,11,14). The Hall–Kier alpha value is -0.650. The highest BCUT2D eigenvalue weighted by Crippen LogP contribution is 1.87. The van der Waals surface area contributed by atoms with Crippen LogP contribution in [0.1, 0.15) is 20.3 Å². The van der Waals surface area contributed by atoms with E-state index >= 15 is 0 Å². The van der Waals surface area contributed by atoms with Crippen LogP contribution in [0.3, 0.4) is 0 Å². The highest BCUT2D eigenvalue weighted by molar-refractivity contribution is 5.78. The predicted octanol–water partition coefficient (Wildman–Crippen LogP) is -1.16. The van der Waals surface area contributed by atoms with Gasteiger partial charge in [0.2, 0.25) is 5.91 Å². The lowest BCUT2D eigenvalue weighted by atomic mass is 10.2. The first-order valence-electron chi connectivity index (χ1n) is 4.88. The molecule has 5 nitrogen and oxygen atoms in total. The van der Waals surface area contributed by atoms with Gasteiger partial charge < -0.3 is 20.8 Å². The second-order valence-corrected chi connectivity index (χ2v) is 3.32. The Kier molecular flexibility index (Phi) is 7.37. The summed E-state index contributed by atoms with van der Waals surface area (Å²) in [6.45, 7) is 3.69. The second-order valence-electron chi connectivity index (χ2n) is 3.32. The lowest BCUT2D eigenvalue weighted by Gasteiger charge is -2.15. The number of carbonyl (C=O) groups excluding carboxylic acids is 1. The number of aliphatic hydroxyl groups is 2. The maximum absolute atomic E-state index is 11.2. The van der Waals surface area contributed by atoms with E-state index in [2.05, 4.69) is 10.6 Å². The Morgan fingerprint density at radius 2 is 1.93 bits per heavy atom. The van der Waals surface area contributed by atoms with Crippen molar-refractivity contribution < 1.29 is 15.0 Å². The van der Waals surface area contributed by atoms with Crippen molar-refractivity contribution in [2.45, 2.75) is 32.4 Å². The molecular weight excluding hydrogens is 184 g/mol. The summed E-state index contributed by atoms with van der Waals surface area (Å²) >= 11 is 0. The Bertz CT molecular complexity index is 160. The molecule has 0 radical (unpaired) electrons. The van der Waals surface area contributed by atoms with Gasteiger partial charge in [-0.3, -0.25) is 4.79 Å². The number of amides is 1. The molecule has 0 aliphatic rings. The van der Waals surface area contributed by atoms with Crippen LogP contribution >= 0.6 is 0 Å². The lowest BCUT2D eigenvalue weighted by molar-refractivity contribution is -0.121. The first kappa shape index (κ1) is 13.4. The largest absolute Gasteiger partial charge is 0.395 e. The number of nitrogens with one attached hydrogen (secondary N) is 2. The van der Waals surface area contributed by atoms with Gasteiger partial charge in [-0.2, -0.15) is 0 Å². The Morgan fingerprint density at radius 3 is 2.36 bits per heavy atom. The predicted molar refractivity (Wildman–Crippen MR) is 53.9 cm³/mol. The molecule has 84 valence electrons. The molecule has 4 N–H and O–H groups in total. The van der Waals surface area contributed by atoms with E-state index in [1.165, 1.54) is 0 Å². The fourth-order valence-electron chi connectivity index (χ4n) is 0.852. The molecule has 0 rings (SSSR count). The average molecular weight is 204 g/mol. The quantitative estimate of drug-likeness (QED) is 0.422. The highest BCUT2D eigenvalue weighted by Gasteiger charge is 2.09. The second kappa shape index (κ2) is 7.73. The van der Waals surface area contributed by atoms with Crippen molar-refractivity contribution in [3.63, 3.8) is 0 Å². The van der Waals surface area contributed by atoms with Gasteiger partial charge >= 0.3 is 0 Å². The molecule has 0 bridgehead atoms. The zero-order valence-corrected chi connectivity index (χ0v) is 8.79. The molecule has 0 aliphatic heterocycles. The Morgan fingerprint density at radius 1 is 1.36 bits per heavy atom. The topological polar surface area (TPSA) is 81.6 Å². The van der Waals surface area contributed by atoms with Crippen LogP contribution in [0.4, 0.5) is 0 Å². The van der Waals surface area contributed by atoms with Crippen molar-refractivity contribution in [1.29, 1.82) is 0 Å². The van der Waals surface area contributed by atoms with Crippen LogP contribution in [0.5, 0.6) is 0 Å². The van der Waals surface area contributed by atoms with Crippen LogP contribution in [0.2, 0.25) is 0 Å². The van der Waals surface area contributed by atoms with Gasteiger partial charge in [0.1, 0.15) is 0 Å². The van der Waals surface area contributed by atoms with Gasteiger partial charge in [0, 0.05) is 6.04 Å². The highest BCUT2D eigenvalue weighted by atomic mass is 16.3. The van der Waals surface area contributed by atoms with E-state index in [1.54, 1.807) is 0 Å². The van der Waals surface area contributed by atoms with E-state index < -0.39 is 6.04 Å². The van der Waals surface area contributed by atoms with Crippen molar-refractivity contribution in [3.8, 4) is 0 Å². The molecule has 0 heterocycles. The molecular formula is C9H20N2O3. The fraction of sp³-hybridized carbons (Fsp3) is 0.889. The molecule has 14 heavy (non-hydrogen) atoms. The zero-order valence-electron chi connectivity index (χ0n) is 8.79. The van der Waals surface area contributed by atoms with Crippen LogP contribution in [-0.4, -0.2) is 48.0 Å². The van der Waals surface area contributed by atoms with E-state index in [9.17, 15) is 4.79 Å². The average Bonchev–Trinajstić information content (AvgIpc) is 2.19. The zero-order chi connectivity index (χ0) is 11.0. The smallest absolute Gasteiger partial charge is 0.234 e. The molecule has 0 aromatic heterocycles. The first-order valence-corrected chi connectivity index (χ1v) is 4.88. The van der Waals surface area contributed by atoms with Crippen LogP contribution < -0.4 is 10.6 Å². The van der Waals surface area contributed by atoms with Crippen LogP contribution in [0, 0.1) is 0 Å². The number of rotatable bonds is 7. The van der Waals surface area contributed by atoms with Crippen LogP contribution in [0.25, 0.3) is 0 Å². The summed E-state index contributed by atoms with van der Waals surface area (Å²) in [5.41, 5.74) is 0. The number of hydrogen-bond donors (Lipinski definition) is 4. The van der Waals surface area contributed by atoms with Crippen molar-refractivity contribution in [2.75, 3.05) is 19.8 Å². The molecule has 0 spiro atoms. The van der Waals surface area contributed by atoms with Gasteiger partial charge in [0.25, 0.3) is 0 Å². The minimum Gasteiger partial charge on any atom is -0.395 e. The van der Waals surface area contributed by atoms with E-state index in [1.807, 2.05) is 13.8 Å². The van der Waals surface area contributed by atoms with Gasteiger partial charge in [-0.1, -0.05) is 6.92 Å². The maximum Gasteiger partial charge on any atom is 0.234 e. The van der Waals surface area contributed by atoms with Crippen LogP contribution in [-0.2, 0) is 4.79 Å². The molecule has 5 heteroatoms. The summed E-state index contributed by atoms with van der Waals surface area (Å²) in [6, 6.07) is -0.260. The van der Waals surface area contributed by atoms with Crippen molar-refractivity contribution >= 4 is 5.91 Å². The van der Waals surface area contributed by atoms with Gasteiger partial charge in [-0.05, 0) is 13.3 Å². The monoisotopic (exact) mass is 204 g/mol. The number of carbonyl (C=O) groups is 1. The van der Waals surface area contributed by atoms with E-state index in [0.717, 1.165) is 6.42 Å². The van der Waals surface area contributed by atoms with Crippen molar-refractivity contribution in [3.05, 3.63) is 0 Å². The normalized spacial score (nSPS) is 12.9. The molecule has 1 atom stereocenters. The molecule has 0 aromatic rings. The molecule has 1 unspecified atom stereocenters. The van der Waals surface area contributed by atoms with Crippen molar-refractivity contribution in [2.24, 2.45) is 0 Å². The minimum atomic E-state index is -0.419. The molecule has 0 fully saturated rings. The van der Waals surface area contributed by atoms with Gasteiger partial charge in [0.05, 0.1) is 25.8 Å². The van der Waals surface area contributed by atoms with Gasteiger partial charge in [0.15, 0.2) is 0 Å². The third-order valence-electron chi connectivity index (χ3n) is 2.01. The summed E-state index contributed by atoms with van der Waals surface area (Å²) in [5.74, 6) is -0.119. The summed E-state index contributed by atoms with van der Waals surface area (Å²) in [6.07, 6.45) is 0.884. The maximum atomic E-state index is 11.2. The summed E-state index contributed by atoms with van der Waals surface area (Å²) in [7, 11) is 0. The van der Waals surface area contributed by atoms with Crippen molar-refractivity contribution in [1.82, 2.24) is 10.6 Å². The first-order chi connectivity index (χ1) is 6.63. The molecule has 1 amide bonds. The van der Waals surface area contributed by atoms with E-state index in [-0.39, 0.29) is 31.7 Å². The molecule has 0 saturated carbocycles. The summed E-state index contributed by atoms with van der Waals surface area (Å²) in [4.78, 5) is 11.2. The number of hydrogen-bond acceptors (Lipinski definition) is 4. The fourth-order valence-corrected chi connectivity index (χ4v) is 0.852. The third-order valence-corrected chi connectivity index (χ3v) is 2.01. The molecule has 0 saturated heterocycles. The summed E-state index contributed by atoms with van der Waals surface area (Å²) < 4.78 is 0. The molecule has 0 aliphatic carbocycles. The lowest BCUT2D eigenvalue weighted by Crippen LogP contribution is -2.44. The number of aliphatic hydroxyl groups excluding tert-OH is 2. The SMILES string of the molecule is CCC(C)NC(=O)CNC(CO)CO. The summed E-state index contributed by atoms with van der Waals surface area (Å²) in [5, 5.41) is 22.9. The minimum absolute atomic E-state index is 0.119. The third kappa shape index (κ3) is 5.90. The van der Waals surface area contributed by atoms with Gasteiger partial charge in [-0.15, -0.1) is 0 Å². The van der Waals surface area contributed by atoms with E-state index in [0.29, 0.717) is 0 Å². The molecule has 0 aromatic carbocycles. The van der Waals surface area contributed by atoms with Crippen LogP contribution in [0.15, 0.2) is 0 Å². The van der Waals surface area contributed by atoms with Gasteiger partial charge in [-0.25, -0.2) is 0 Å². The Labute approximate surface area is 84.5 Å². The Balaban J connectivity index is 3.62.